The number of hydrogen-bond donors (Lipinski definition) is 1. The normalized spacial score (nSPS) is 12.4. The van der Waals surface area contributed by atoms with Crippen molar-refractivity contribution in [2.24, 2.45) is 0 Å². The van der Waals surface area contributed by atoms with Crippen molar-refractivity contribution in [1.29, 1.82) is 0 Å². The zero-order valence-electron chi connectivity index (χ0n) is 10.9. The Bertz CT molecular complexity index is 528. The van der Waals surface area contributed by atoms with E-state index in [1.54, 1.807) is 0 Å². The molecule has 1 atom stereocenters. The highest BCUT2D eigenvalue weighted by Gasteiger charge is 2.13. The quantitative estimate of drug-likeness (QED) is 0.809. The Hall–Kier alpha value is -0.830. The molecule has 1 N–H and O–H groups in total. The first-order valence-electron chi connectivity index (χ1n) is 6.37. The van der Waals surface area contributed by atoms with Crippen LogP contribution in [0, 0.1) is 0 Å². The summed E-state index contributed by atoms with van der Waals surface area (Å²) in [4.78, 5) is 0. The van der Waals surface area contributed by atoms with Gasteiger partial charge in [-0.1, -0.05) is 57.9 Å². The Morgan fingerprint density at radius 2 is 1.89 bits per heavy atom. The molecule has 2 rings (SSSR count). The van der Waals surface area contributed by atoms with E-state index >= 15 is 0 Å². The minimum absolute atomic E-state index is 0.269. The second-order valence-electron chi connectivity index (χ2n) is 4.53. The summed E-state index contributed by atoms with van der Waals surface area (Å²) in [5, 5.41) is 4.17. The maximum atomic E-state index is 6.29. The summed E-state index contributed by atoms with van der Waals surface area (Å²) in [6.07, 6.45) is 2.06. The highest BCUT2D eigenvalue weighted by atomic mass is 79.9. The molecule has 1 unspecified atom stereocenters. The van der Waals surface area contributed by atoms with E-state index in [1.807, 2.05) is 25.2 Å². The average molecular weight is 339 g/mol. The largest absolute Gasteiger partial charge is 0.313 e. The summed E-state index contributed by atoms with van der Waals surface area (Å²) in [6, 6.07) is 16.8. The first-order valence-corrected chi connectivity index (χ1v) is 7.54. The van der Waals surface area contributed by atoms with Gasteiger partial charge in [0, 0.05) is 15.5 Å². The maximum absolute atomic E-state index is 6.29. The first kappa shape index (κ1) is 14.6. The molecular weight excluding hydrogens is 322 g/mol. The fourth-order valence-electron chi connectivity index (χ4n) is 2.19. The minimum Gasteiger partial charge on any atom is -0.313 e. The van der Waals surface area contributed by atoms with Gasteiger partial charge in [-0.2, -0.15) is 0 Å². The first-order chi connectivity index (χ1) is 9.20. The molecule has 0 fully saturated rings. The van der Waals surface area contributed by atoms with Crippen molar-refractivity contribution < 1.29 is 0 Å². The van der Waals surface area contributed by atoms with Crippen LogP contribution >= 0.6 is 27.5 Å². The summed E-state index contributed by atoms with van der Waals surface area (Å²) in [5.74, 6) is 0. The summed E-state index contributed by atoms with van der Waals surface area (Å²) >= 11 is 9.79. The standard InChI is InChI=1S/C16H17BrClN/c1-19-16(10-7-12-5-3-2-4-6-12)14-11-13(17)8-9-15(14)18/h2-6,8-9,11,16,19H,7,10H2,1H3. The van der Waals surface area contributed by atoms with Crippen molar-refractivity contribution in [3.63, 3.8) is 0 Å². The van der Waals surface area contributed by atoms with E-state index in [-0.39, 0.29) is 6.04 Å². The van der Waals surface area contributed by atoms with Crippen molar-refractivity contribution >= 4 is 27.5 Å². The molecule has 0 spiro atoms. The van der Waals surface area contributed by atoms with Crippen LogP contribution in [-0.2, 0) is 6.42 Å². The lowest BCUT2D eigenvalue weighted by atomic mass is 9.99. The number of rotatable bonds is 5. The smallest absolute Gasteiger partial charge is 0.0454 e. The van der Waals surface area contributed by atoms with E-state index in [0.717, 1.165) is 27.9 Å². The molecule has 3 heteroatoms. The van der Waals surface area contributed by atoms with Gasteiger partial charge >= 0.3 is 0 Å². The van der Waals surface area contributed by atoms with E-state index in [9.17, 15) is 0 Å². The van der Waals surface area contributed by atoms with Crippen molar-refractivity contribution in [2.45, 2.75) is 18.9 Å². The second-order valence-corrected chi connectivity index (χ2v) is 5.85. The molecule has 0 aromatic heterocycles. The van der Waals surface area contributed by atoms with Gasteiger partial charge in [0.05, 0.1) is 0 Å². The second kappa shape index (κ2) is 7.09. The number of nitrogens with one attached hydrogen (secondary N) is 1. The van der Waals surface area contributed by atoms with Crippen LogP contribution < -0.4 is 5.32 Å². The molecule has 19 heavy (non-hydrogen) atoms. The van der Waals surface area contributed by atoms with Gasteiger partial charge in [-0.25, -0.2) is 0 Å². The Morgan fingerprint density at radius 3 is 2.58 bits per heavy atom. The lowest BCUT2D eigenvalue weighted by molar-refractivity contribution is 0.549. The topological polar surface area (TPSA) is 12.0 Å². The van der Waals surface area contributed by atoms with Crippen molar-refractivity contribution in [1.82, 2.24) is 5.32 Å². The molecule has 1 nitrogen and oxygen atoms in total. The van der Waals surface area contributed by atoms with Crippen LogP contribution in [-0.4, -0.2) is 7.05 Å². The van der Waals surface area contributed by atoms with E-state index in [4.69, 9.17) is 11.6 Å². The van der Waals surface area contributed by atoms with Crippen LogP contribution in [0.5, 0.6) is 0 Å². The van der Waals surface area contributed by atoms with Gasteiger partial charge in [-0.05, 0) is 49.2 Å². The number of halogens is 2. The van der Waals surface area contributed by atoms with Crippen LogP contribution in [0.4, 0.5) is 0 Å². The Kier molecular flexibility index (Phi) is 5.44. The molecule has 100 valence electrons. The molecule has 0 aliphatic heterocycles. The van der Waals surface area contributed by atoms with Crippen LogP contribution in [0.15, 0.2) is 53.0 Å². The lowest BCUT2D eigenvalue weighted by Crippen LogP contribution is -2.17. The van der Waals surface area contributed by atoms with Gasteiger partial charge in [0.15, 0.2) is 0 Å². The fraction of sp³-hybridized carbons (Fsp3) is 0.250. The summed E-state index contributed by atoms with van der Waals surface area (Å²) in [7, 11) is 1.98. The SMILES string of the molecule is CNC(CCc1ccccc1)c1cc(Br)ccc1Cl. The van der Waals surface area contributed by atoms with Gasteiger partial charge in [-0.3, -0.25) is 0 Å². The molecule has 0 saturated carbocycles. The van der Waals surface area contributed by atoms with Crippen LogP contribution in [0.2, 0.25) is 5.02 Å². The van der Waals surface area contributed by atoms with Crippen molar-refractivity contribution in [3.8, 4) is 0 Å². The molecule has 0 bridgehead atoms. The average Bonchev–Trinajstić information content (AvgIpc) is 2.44. The Balaban J connectivity index is 2.10. The third-order valence-electron chi connectivity index (χ3n) is 3.25. The predicted molar refractivity (Wildman–Crippen MR) is 85.7 cm³/mol. The van der Waals surface area contributed by atoms with Crippen molar-refractivity contribution in [2.75, 3.05) is 7.05 Å². The van der Waals surface area contributed by atoms with E-state index < -0.39 is 0 Å². The molecule has 0 amide bonds. The minimum atomic E-state index is 0.269. The molecule has 0 aliphatic rings. The van der Waals surface area contributed by atoms with Gasteiger partial charge in [0.1, 0.15) is 0 Å². The predicted octanol–water partition coefficient (Wildman–Crippen LogP) is 5.00. The number of benzene rings is 2. The van der Waals surface area contributed by atoms with Gasteiger partial charge in [-0.15, -0.1) is 0 Å². The lowest BCUT2D eigenvalue weighted by Gasteiger charge is -2.18. The van der Waals surface area contributed by atoms with Gasteiger partial charge < -0.3 is 5.32 Å². The summed E-state index contributed by atoms with van der Waals surface area (Å²) in [6.45, 7) is 0. The highest BCUT2D eigenvalue weighted by Crippen LogP contribution is 2.29. The van der Waals surface area contributed by atoms with Crippen LogP contribution in [0.3, 0.4) is 0 Å². The third kappa shape index (κ3) is 4.07. The molecule has 2 aromatic rings. The molecular formula is C16H17BrClN. The third-order valence-corrected chi connectivity index (χ3v) is 4.08. The molecule has 2 aromatic carbocycles. The molecule has 0 heterocycles. The molecule has 0 aliphatic carbocycles. The van der Waals surface area contributed by atoms with E-state index in [1.165, 1.54) is 5.56 Å². The monoisotopic (exact) mass is 337 g/mol. The number of hydrogen-bond acceptors (Lipinski definition) is 1. The van der Waals surface area contributed by atoms with Crippen LogP contribution in [0.25, 0.3) is 0 Å². The molecule has 0 saturated heterocycles. The van der Waals surface area contributed by atoms with Crippen LogP contribution in [0.1, 0.15) is 23.6 Å². The summed E-state index contributed by atoms with van der Waals surface area (Å²) < 4.78 is 1.06. The maximum Gasteiger partial charge on any atom is 0.0454 e. The highest BCUT2D eigenvalue weighted by molar-refractivity contribution is 9.10. The van der Waals surface area contributed by atoms with Gasteiger partial charge in [0.2, 0.25) is 0 Å². The summed E-state index contributed by atoms with van der Waals surface area (Å²) in [5.41, 5.74) is 2.50. The van der Waals surface area contributed by atoms with Gasteiger partial charge in [0.25, 0.3) is 0 Å². The fourth-order valence-corrected chi connectivity index (χ4v) is 2.82. The molecule has 0 radical (unpaired) electrons. The van der Waals surface area contributed by atoms with Crippen molar-refractivity contribution in [3.05, 3.63) is 69.2 Å². The number of aryl methyl sites for hydroxylation is 1. The Labute approximate surface area is 128 Å². The zero-order chi connectivity index (χ0) is 13.7. The Morgan fingerprint density at radius 1 is 1.16 bits per heavy atom. The van der Waals surface area contributed by atoms with E-state index in [2.05, 4.69) is 51.6 Å². The zero-order valence-corrected chi connectivity index (χ0v) is 13.2. The van der Waals surface area contributed by atoms with E-state index in [0.29, 0.717) is 0 Å².